The highest BCUT2D eigenvalue weighted by molar-refractivity contribution is 5.55. The Morgan fingerprint density at radius 3 is 1.71 bits per heavy atom. The first-order valence-corrected chi connectivity index (χ1v) is 14.4. The summed E-state index contributed by atoms with van der Waals surface area (Å²) in [4.78, 5) is 4.17. The molecule has 3 aromatic carbocycles. The van der Waals surface area contributed by atoms with E-state index in [0.29, 0.717) is 13.3 Å². The van der Waals surface area contributed by atoms with Crippen LogP contribution in [0.4, 0.5) is 28.4 Å². The predicted octanol–water partition coefficient (Wildman–Crippen LogP) is 8.40. The Kier molecular flexibility index (Phi) is 11.5. The molecule has 4 N–H and O–H groups in total. The Morgan fingerprint density at radius 1 is 0.714 bits per heavy atom. The summed E-state index contributed by atoms with van der Waals surface area (Å²) < 4.78 is 0. The lowest BCUT2D eigenvalue weighted by molar-refractivity contribution is 0.832. The SMILES string of the molecule is CCN(CN)c1ccc(N=N/C2=C/C=C\C(/C=C/c3ccc(N=Nc4ccc(N(CC)CN)cc4)cc3)CC=C2)cc1. The second-order valence-electron chi connectivity index (χ2n) is 9.74. The molecule has 8 nitrogen and oxygen atoms in total. The topological polar surface area (TPSA) is 108 Å². The van der Waals surface area contributed by atoms with Crippen molar-refractivity contribution in [1.82, 2.24) is 0 Å². The molecule has 0 bridgehead atoms. The molecule has 1 unspecified atom stereocenters. The van der Waals surface area contributed by atoms with Crippen LogP contribution < -0.4 is 21.3 Å². The molecule has 3 aromatic rings. The van der Waals surface area contributed by atoms with E-state index < -0.39 is 0 Å². The molecule has 0 saturated heterocycles. The summed E-state index contributed by atoms with van der Waals surface area (Å²) in [5.41, 5.74) is 18.1. The minimum Gasteiger partial charge on any atom is -0.359 e. The Morgan fingerprint density at radius 2 is 1.21 bits per heavy atom. The van der Waals surface area contributed by atoms with Crippen molar-refractivity contribution >= 4 is 34.5 Å². The smallest absolute Gasteiger partial charge is 0.0858 e. The molecule has 42 heavy (non-hydrogen) atoms. The summed E-state index contributed by atoms with van der Waals surface area (Å²) in [6.45, 7) is 6.87. The van der Waals surface area contributed by atoms with Crippen molar-refractivity contribution in [2.24, 2.45) is 37.8 Å². The van der Waals surface area contributed by atoms with Crippen molar-refractivity contribution < 1.29 is 0 Å². The molecule has 0 fully saturated rings. The van der Waals surface area contributed by atoms with Gasteiger partial charge in [0.2, 0.25) is 0 Å². The summed E-state index contributed by atoms with van der Waals surface area (Å²) in [5.74, 6) is 0.290. The lowest BCUT2D eigenvalue weighted by Gasteiger charge is -2.20. The van der Waals surface area contributed by atoms with Crippen LogP contribution in [0.15, 0.2) is 135 Å². The van der Waals surface area contributed by atoms with Gasteiger partial charge < -0.3 is 21.3 Å². The van der Waals surface area contributed by atoms with Crippen LogP contribution in [0, 0.1) is 5.92 Å². The molecule has 0 spiro atoms. The summed E-state index contributed by atoms with van der Waals surface area (Å²) >= 11 is 0. The van der Waals surface area contributed by atoms with Crippen molar-refractivity contribution in [2.75, 3.05) is 36.2 Å². The third kappa shape index (κ3) is 8.92. The number of nitrogens with zero attached hydrogens (tertiary/aromatic N) is 6. The number of allylic oxidation sites excluding steroid dienone is 6. The van der Waals surface area contributed by atoms with Crippen LogP contribution in [0.2, 0.25) is 0 Å². The normalized spacial score (nSPS) is 17.3. The van der Waals surface area contributed by atoms with Crippen molar-refractivity contribution in [2.45, 2.75) is 20.3 Å². The summed E-state index contributed by atoms with van der Waals surface area (Å²) in [5, 5.41) is 17.5. The van der Waals surface area contributed by atoms with Gasteiger partial charge in [0.05, 0.1) is 36.1 Å². The molecule has 4 rings (SSSR count). The first kappa shape index (κ1) is 30.3. The molecule has 1 aliphatic carbocycles. The Hall–Kier alpha value is -4.66. The minimum atomic E-state index is 0.290. The molecule has 0 saturated carbocycles. The average Bonchev–Trinajstić information content (AvgIpc) is 3.02. The first-order valence-electron chi connectivity index (χ1n) is 14.4. The first-order chi connectivity index (χ1) is 20.6. The molecule has 0 aromatic heterocycles. The van der Waals surface area contributed by atoms with Gasteiger partial charge in [-0.15, -0.1) is 0 Å². The largest absolute Gasteiger partial charge is 0.359 e. The second kappa shape index (κ2) is 16.0. The number of hydrogen-bond donors (Lipinski definition) is 2. The lowest BCUT2D eigenvalue weighted by atomic mass is 10.0. The van der Waals surface area contributed by atoms with Gasteiger partial charge in [-0.2, -0.15) is 20.5 Å². The van der Waals surface area contributed by atoms with E-state index in [1.54, 1.807) is 0 Å². The van der Waals surface area contributed by atoms with Gasteiger partial charge in [0, 0.05) is 24.5 Å². The lowest BCUT2D eigenvalue weighted by Crippen LogP contribution is -2.29. The van der Waals surface area contributed by atoms with E-state index in [-0.39, 0.29) is 5.92 Å². The van der Waals surface area contributed by atoms with Gasteiger partial charge >= 0.3 is 0 Å². The molecule has 0 aliphatic heterocycles. The molecule has 8 heteroatoms. The number of nitrogens with two attached hydrogens (primary N) is 2. The van der Waals surface area contributed by atoms with Gasteiger partial charge in [0.25, 0.3) is 0 Å². The molecule has 1 aliphatic rings. The van der Waals surface area contributed by atoms with Crippen LogP contribution in [0.1, 0.15) is 25.8 Å². The monoisotopic (exact) mass is 560 g/mol. The second-order valence-corrected chi connectivity index (χ2v) is 9.74. The van der Waals surface area contributed by atoms with Gasteiger partial charge in [0.1, 0.15) is 0 Å². The van der Waals surface area contributed by atoms with E-state index in [1.165, 1.54) is 0 Å². The zero-order valence-electron chi connectivity index (χ0n) is 24.4. The number of benzene rings is 3. The molecular formula is C34H40N8. The molecule has 0 heterocycles. The van der Waals surface area contributed by atoms with Crippen LogP contribution in [0.25, 0.3) is 6.08 Å². The highest BCUT2D eigenvalue weighted by atomic mass is 15.2. The van der Waals surface area contributed by atoms with Gasteiger partial charge in [-0.1, -0.05) is 42.5 Å². The van der Waals surface area contributed by atoms with Gasteiger partial charge in [0.15, 0.2) is 0 Å². The summed E-state index contributed by atoms with van der Waals surface area (Å²) in [6.07, 6.45) is 15.6. The van der Waals surface area contributed by atoms with Crippen molar-refractivity contribution in [1.29, 1.82) is 0 Å². The highest BCUT2D eigenvalue weighted by Gasteiger charge is 2.04. The van der Waals surface area contributed by atoms with Crippen LogP contribution in [0.3, 0.4) is 0 Å². The third-order valence-electron chi connectivity index (χ3n) is 6.95. The van der Waals surface area contributed by atoms with Crippen molar-refractivity contribution in [3.05, 3.63) is 121 Å². The van der Waals surface area contributed by atoms with Crippen molar-refractivity contribution in [3.8, 4) is 0 Å². The zero-order chi connectivity index (χ0) is 29.6. The van der Waals surface area contributed by atoms with Crippen LogP contribution in [0.5, 0.6) is 0 Å². The zero-order valence-corrected chi connectivity index (χ0v) is 24.4. The number of rotatable bonds is 12. The summed E-state index contributed by atoms with van der Waals surface area (Å²) in [7, 11) is 0. The Labute approximate surface area is 249 Å². The third-order valence-corrected chi connectivity index (χ3v) is 6.95. The van der Waals surface area contributed by atoms with E-state index in [9.17, 15) is 0 Å². The summed E-state index contributed by atoms with van der Waals surface area (Å²) in [6, 6.07) is 24.0. The standard InChI is InChI=1S/C34H40N8/c1-3-41(25-35)33-21-17-31(18-22-33)39-37-29-9-5-7-27(8-6-10-29)11-12-28-13-15-30(16-14-28)38-40-32-19-23-34(24-20-32)42(4-2)26-36/h5-7,9-24,27H,3-4,8,25-26,35-36H2,1-2H3/b7-5-,10-6?,12-11+,29-9+,39-37?,40-38?. The van der Waals surface area contributed by atoms with Gasteiger partial charge in [-0.05, 0) is 105 Å². The number of hydrogen-bond acceptors (Lipinski definition) is 8. The molecule has 216 valence electrons. The molecule has 0 amide bonds. The van der Waals surface area contributed by atoms with Gasteiger partial charge in [-0.25, -0.2) is 0 Å². The fourth-order valence-corrected chi connectivity index (χ4v) is 4.40. The fourth-order valence-electron chi connectivity index (χ4n) is 4.40. The fraction of sp³-hybridized carbons (Fsp3) is 0.235. The van der Waals surface area contributed by atoms with Crippen LogP contribution in [-0.2, 0) is 0 Å². The maximum Gasteiger partial charge on any atom is 0.0858 e. The van der Waals surface area contributed by atoms with E-state index >= 15 is 0 Å². The minimum absolute atomic E-state index is 0.290. The van der Waals surface area contributed by atoms with Crippen LogP contribution >= 0.6 is 0 Å². The molecular weight excluding hydrogens is 520 g/mol. The maximum absolute atomic E-state index is 5.79. The number of azo groups is 2. The Bertz CT molecular complexity index is 1420. The van der Waals surface area contributed by atoms with E-state index in [1.807, 2.05) is 78.9 Å². The number of anilines is 2. The van der Waals surface area contributed by atoms with Crippen molar-refractivity contribution in [3.63, 3.8) is 0 Å². The van der Waals surface area contributed by atoms with E-state index in [2.05, 4.69) is 80.5 Å². The Balaban J connectivity index is 1.30. The van der Waals surface area contributed by atoms with E-state index in [4.69, 9.17) is 11.5 Å². The predicted molar refractivity (Wildman–Crippen MR) is 176 cm³/mol. The highest BCUT2D eigenvalue weighted by Crippen LogP contribution is 2.24. The molecule has 1 atom stereocenters. The van der Waals surface area contributed by atoms with E-state index in [0.717, 1.165) is 59.2 Å². The molecule has 0 radical (unpaired) electrons. The quantitative estimate of drug-likeness (QED) is 0.171. The van der Waals surface area contributed by atoms with Crippen LogP contribution in [-0.4, -0.2) is 26.4 Å². The average molecular weight is 561 g/mol. The van der Waals surface area contributed by atoms with Gasteiger partial charge in [-0.3, -0.25) is 0 Å². The maximum atomic E-state index is 5.79.